The van der Waals surface area contributed by atoms with Gasteiger partial charge in [-0.1, -0.05) is 68.4 Å². The van der Waals surface area contributed by atoms with Gasteiger partial charge in [0.15, 0.2) is 11.4 Å². The lowest BCUT2D eigenvalue weighted by Crippen LogP contribution is -2.55. The normalized spacial score (nSPS) is 18.7. The fraction of sp³-hybridized carbons (Fsp3) is 0.281. The molecule has 0 spiro atoms. The number of rotatable bonds is 12. The number of carboxylic acids is 1. The Bertz CT molecular complexity index is 1630. The van der Waals surface area contributed by atoms with E-state index in [1.165, 1.54) is 0 Å². The molecule has 3 N–H and O–H groups in total. The molecule has 0 saturated heterocycles. The molecule has 5 rings (SSSR count). The third kappa shape index (κ3) is 6.26. The number of esters is 1. The molecule has 0 saturated carbocycles. The number of nitrogens with one attached hydrogen (secondary N) is 2. The zero-order valence-corrected chi connectivity index (χ0v) is 23.7. The number of carbonyl (C=O) groups is 4. The van der Waals surface area contributed by atoms with Gasteiger partial charge in [0.25, 0.3) is 5.91 Å². The molecule has 0 fully saturated rings. The second-order valence-corrected chi connectivity index (χ2v) is 10.6. The maximum Gasteiger partial charge on any atom is 0.338 e. The Morgan fingerprint density at radius 3 is 2.58 bits per heavy atom. The first kappa shape index (κ1) is 29.5. The Labute approximate surface area is 247 Å². The summed E-state index contributed by atoms with van der Waals surface area (Å²) in [6, 6.07) is 17.3. The summed E-state index contributed by atoms with van der Waals surface area (Å²) >= 11 is 0. The Kier molecular flexibility index (Phi) is 8.53. The number of benzene rings is 2. The van der Waals surface area contributed by atoms with Crippen LogP contribution in [0.4, 0.5) is 0 Å². The molecule has 0 bridgehead atoms. The lowest BCUT2D eigenvalue weighted by atomic mass is 9.87. The fourth-order valence-electron chi connectivity index (χ4n) is 4.99. The van der Waals surface area contributed by atoms with Gasteiger partial charge in [0, 0.05) is 18.0 Å². The highest BCUT2D eigenvalue weighted by Gasteiger charge is 2.47. The van der Waals surface area contributed by atoms with Gasteiger partial charge in [-0.05, 0) is 29.0 Å². The summed E-state index contributed by atoms with van der Waals surface area (Å²) in [5.41, 5.74) is 3.43. The molecule has 3 heterocycles. The molecule has 0 radical (unpaired) electrons. The SMILES string of the molecule is CC(C)[C@@]1(C(=O)N[C@@H](CC(=O)O)C(=O)COC2=C(Cc3ccccc3)C(=O)OC2)C=C(c2nccc3ccccc23)NO1. The summed E-state index contributed by atoms with van der Waals surface area (Å²) < 4.78 is 10.8. The number of fused-ring (bicyclic) bond motifs is 1. The molecule has 11 heteroatoms. The van der Waals surface area contributed by atoms with Gasteiger partial charge in [-0.15, -0.1) is 0 Å². The van der Waals surface area contributed by atoms with Crippen LogP contribution in [0.25, 0.3) is 16.5 Å². The van der Waals surface area contributed by atoms with Crippen LogP contribution in [0, 0.1) is 5.92 Å². The molecule has 2 aliphatic rings. The predicted octanol–water partition coefficient (Wildman–Crippen LogP) is 3.10. The van der Waals surface area contributed by atoms with E-state index >= 15 is 0 Å². The van der Waals surface area contributed by atoms with Gasteiger partial charge in [0.2, 0.25) is 0 Å². The Hall–Kier alpha value is -5.03. The highest BCUT2D eigenvalue weighted by Crippen LogP contribution is 2.34. The molecule has 0 unspecified atom stereocenters. The van der Waals surface area contributed by atoms with Gasteiger partial charge in [-0.2, -0.15) is 0 Å². The quantitative estimate of drug-likeness (QED) is 0.270. The smallest absolute Gasteiger partial charge is 0.338 e. The number of pyridine rings is 1. The summed E-state index contributed by atoms with van der Waals surface area (Å²) in [6.45, 7) is 2.83. The number of aliphatic carboxylic acids is 1. The largest absolute Gasteiger partial charge is 0.486 e. The van der Waals surface area contributed by atoms with E-state index in [0.717, 1.165) is 16.3 Å². The lowest BCUT2D eigenvalue weighted by molar-refractivity contribution is -0.152. The second kappa shape index (κ2) is 12.5. The minimum absolute atomic E-state index is 0.143. The number of ether oxygens (including phenoxy) is 2. The monoisotopic (exact) mass is 585 g/mol. The van der Waals surface area contributed by atoms with Gasteiger partial charge in [0.1, 0.15) is 25.0 Å². The van der Waals surface area contributed by atoms with Crippen molar-refractivity contribution in [2.75, 3.05) is 13.2 Å². The molecule has 1 amide bonds. The zero-order chi connectivity index (χ0) is 30.6. The minimum atomic E-state index is -1.57. The van der Waals surface area contributed by atoms with Crippen molar-refractivity contribution in [2.45, 2.75) is 38.3 Å². The number of nitrogens with zero attached hydrogens (tertiary/aromatic N) is 1. The van der Waals surface area contributed by atoms with Crippen LogP contribution in [0.1, 0.15) is 31.5 Å². The number of hydrogen-bond donors (Lipinski definition) is 3. The van der Waals surface area contributed by atoms with Crippen LogP contribution < -0.4 is 10.8 Å². The van der Waals surface area contributed by atoms with Crippen LogP contribution >= 0.6 is 0 Å². The Balaban J connectivity index is 1.34. The molecule has 222 valence electrons. The first-order chi connectivity index (χ1) is 20.7. The number of carbonyl (C=O) groups excluding carboxylic acids is 3. The summed E-state index contributed by atoms with van der Waals surface area (Å²) in [6.07, 6.45) is 2.83. The van der Waals surface area contributed by atoms with E-state index in [4.69, 9.17) is 14.3 Å². The molecule has 1 aromatic heterocycles. The minimum Gasteiger partial charge on any atom is -0.486 e. The molecule has 3 aromatic rings. The van der Waals surface area contributed by atoms with Gasteiger partial charge in [0.05, 0.1) is 23.4 Å². The average Bonchev–Trinajstić information content (AvgIpc) is 3.60. The number of Topliss-reactive ketones (excluding diaryl/α,β-unsaturated/α-hetero) is 1. The van der Waals surface area contributed by atoms with Crippen LogP contribution in [-0.4, -0.2) is 58.6 Å². The van der Waals surface area contributed by atoms with Crippen molar-refractivity contribution in [1.29, 1.82) is 0 Å². The Morgan fingerprint density at radius 2 is 1.84 bits per heavy atom. The van der Waals surface area contributed by atoms with E-state index in [9.17, 15) is 24.3 Å². The van der Waals surface area contributed by atoms with Gasteiger partial charge < -0.3 is 19.9 Å². The van der Waals surface area contributed by atoms with Gasteiger partial charge in [-0.25, -0.2) is 4.79 Å². The van der Waals surface area contributed by atoms with Crippen LogP contribution in [0.3, 0.4) is 0 Å². The number of amides is 1. The second-order valence-electron chi connectivity index (χ2n) is 10.6. The van der Waals surface area contributed by atoms with E-state index < -0.39 is 54.2 Å². The van der Waals surface area contributed by atoms with Gasteiger partial charge in [-0.3, -0.25) is 29.7 Å². The number of carboxylic acid groups (broad SMARTS) is 1. The van der Waals surface area contributed by atoms with Crippen LogP contribution in [0.2, 0.25) is 0 Å². The van der Waals surface area contributed by atoms with Crippen LogP contribution in [-0.2, 0) is 39.9 Å². The number of aromatic nitrogens is 1. The molecule has 2 atom stereocenters. The fourth-order valence-corrected chi connectivity index (χ4v) is 4.99. The summed E-state index contributed by atoms with van der Waals surface area (Å²) in [5, 5.41) is 13.9. The van der Waals surface area contributed by atoms with Crippen molar-refractivity contribution in [3.63, 3.8) is 0 Å². The molecule has 43 heavy (non-hydrogen) atoms. The zero-order valence-electron chi connectivity index (χ0n) is 23.7. The van der Waals surface area contributed by atoms with Gasteiger partial charge >= 0.3 is 11.9 Å². The summed E-state index contributed by atoms with van der Waals surface area (Å²) in [5.74, 6) is -3.45. The lowest BCUT2D eigenvalue weighted by Gasteiger charge is -2.30. The first-order valence-corrected chi connectivity index (χ1v) is 13.8. The van der Waals surface area contributed by atoms with Crippen molar-refractivity contribution < 1.29 is 38.6 Å². The van der Waals surface area contributed by atoms with Crippen molar-refractivity contribution in [1.82, 2.24) is 15.8 Å². The Morgan fingerprint density at radius 1 is 1.09 bits per heavy atom. The van der Waals surface area contributed by atoms with E-state index in [-0.39, 0.29) is 24.4 Å². The molecular weight excluding hydrogens is 554 g/mol. The topological polar surface area (TPSA) is 153 Å². The van der Waals surface area contributed by atoms with Crippen molar-refractivity contribution in [3.8, 4) is 0 Å². The van der Waals surface area contributed by atoms with Crippen LogP contribution in [0.5, 0.6) is 0 Å². The maximum atomic E-state index is 13.7. The third-order valence-corrected chi connectivity index (χ3v) is 7.43. The van der Waals surface area contributed by atoms with E-state index in [0.29, 0.717) is 11.4 Å². The number of cyclic esters (lactones) is 1. The average molecular weight is 586 g/mol. The van der Waals surface area contributed by atoms with Crippen molar-refractivity contribution in [2.24, 2.45) is 5.92 Å². The molecule has 2 aromatic carbocycles. The first-order valence-electron chi connectivity index (χ1n) is 13.8. The molecule has 0 aliphatic carbocycles. The van der Waals surface area contributed by atoms with E-state index in [2.05, 4.69) is 15.8 Å². The van der Waals surface area contributed by atoms with E-state index in [1.54, 1.807) is 26.1 Å². The molecular formula is C32H31N3O8. The van der Waals surface area contributed by atoms with Crippen molar-refractivity contribution >= 4 is 40.1 Å². The van der Waals surface area contributed by atoms with Crippen molar-refractivity contribution in [3.05, 3.63) is 95.5 Å². The highest BCUT2D eigenvalue weighted by atomic mass is 16.7. The van der Waals surface area contributed by atoms with E-state index in [1.807, 2.05) is 60.7 Å². The summed E-state index contributed by atoms with van der Waals surface area (Å²) in [7, 11) is 0. The standard InChI is InChI=1S/C32H31N3O8/c1-19(2)32(16-25(35-43-32)29-22-11-7-6-10-21(22)12-13-33-29)31(40)34-24(15-28(37)38)26(36)17-41-27-18-42-30(39)23(27)14-20-8-4-3-5-9-20/h3-13,16,19,24,35H,14-15,17-18H2,1-2H3,(H,34,40)(H,37,38)/t24-,32+/m0/s1. The number of ketones is 1. The molecule has 11 nitrogen and oxygen atoms in total. The third-order valence-electron chi connectivity index (χ3n) is 7.43. The predicted molar refractivity (Wildman–Crippen MR) is 155 cm³/mol. The number of hydroxylamine groups is 1. The summed E-state index contributed by atoms with van der Waals surface area (Å²) in [4.78, 5) is 61.2. The maximum absolute atomic E-state index is 13.7. The van der Waals surface area contributed by atoms with Crippen LogP contribution in [0.15, 0.2) is 84.3 Å². The molecule has 2 aliphatic heterocycles. The highest BCUT2D eigenvalue weighted by molar-refractivity contribution is 5.99. The number of hydrogen-bond acceptors (Lipinski definition) is 9.